The van der Waals surface area contributed by atoms with Gasteiger partial charge >= 0.3 is 0 Å². The summed E-state index contributed by atoms with van der Waals surface area (Å²) in [6, 6.07) is 6.73. The van der Waals surface area contributed by atoms with Gasteiger partial charge in [0.25, 0.3) is 0 Å². The number of nitrogens with zero attached hydrogens (tertiary/aromatic N) is 1. The Balaban J connectivity index is 1.98. The predicted molar refractivity (Wildman–Crippen MR) is 89.4 cm³/mol. The lowest BCUT2D eigenvalue weighted by Crippen LogP contribution is -2.43. The summed E-state index contributed by atoms with van der Waals surface area (Å²) in [5, 5.41) is 3.01. The predicted octanol–water partition coefficient (Wildman–Crippen LogP) is 1.34. The average Bonchev–Trinajstić information content (AvgIpc) is 2.86. The molecule has 1 unspecified atom stereocenters. The molecule has 1 aromatic rings. The van der Waals surface area contributed by atoms with E-state index in [1.807, 2.05) is 6.92 Å². The maximum absolute atomic E-state index is 12.4. The Morgan fingerprint density at radius 1 is 1.35 bits per heavy atom. The van der Waals surface area contributed by atoms with Crippen molar-refractivity contribution in [3.05, 3.63) is 29.8 Å². The van der Waals surface area contributed by atoms with Crippen molar-refractivity contribution in [2.45, 2.75) is 26.3 Å². The van der Waals surface area contributed by atoms with Crippen molar-refractivity contribution >= 4 is 27.2 Å². The molecule has 0 bridgehead atoms. The second-order valence-corrected chi connectivity index (χ2v) is 7.96. The fraction of sp³-hybridized carbons (Fsp3) is 0.500. The molecule has 1 aliphatic heterocycles. The second kappa shape index (κ2) is 7.12. The zero-order valence-electron chi connectivity index (χ0n) is 13.4. The van der Waals surface area contributed by atoms with E-state index in [1.54, 1.807) is 29.2 Å². The third-order valence-electron chi connectivity index (χ3n) is 4.02. The third kappa shape index (κ3) is 4.54. The van der Waals surface area contributed by atoms with Gasteiger partial charge in [0.15, 0.2) is 15.6 Å². The number of benzene rings is 1. The van der Waals surface area contributed by atoms with Gasteiger partial charge in [-0.1, -0.05) is 12.1 Å². The Labute approximate surface area is 136 Å². The van der Waals surface area contributed by atoms with Crippen molar-refractivity contribution in [3.8, 4) is 0 Å². The molecule has 1 N–H and O–H groups in total. The lowest BCUT2D eigenvalue weighted by Gasteiger charge is -2.27. The van der Waals surface area contributed by atoms with E-state index in [4.69, 9.17) is 0 Å². The Morgan fingerprint density at radius 3 is 2.65 bits per heavy atom. The highest BCUT2D eigenvalue weighted by atomic mass is 32.2. The van der Waals surface area contributed by atoms with Crippen LogP contribution in [0, 0.1) is 0 Å². The number of hydrogen-bond acceptors (Lipinski definition) is 5. The van der Waals surface area contributed by atoms with Crippen molar-refractivity contribution in [2.75, 3.05) is 29.9 Å². The van der Waals surface area contributed by atoms with Crippen LogP contribution >= 0.6 is 0 Å². The number of amides is 1. The van der Waals surface area contributed by atoms with Gasteiger partial charge in [-0.3, -0.25) is 9.59 Å². The first-order valence-electron chi connectivity index (χ1n) is 7.67. The molecule has 1 aromatic carbocycles. The van der Waals surface area contributed by atoms with Crippen LogP contribution in [-0.2, 0) is 14.6 Å². The molecule has 1 amide bonds. The fourth-order valence-corrected chi connectivity index (χ4v) is 4.52. The monoisotopic (exact) mass is 338 g/mol. The van der Waals surface area contributed by atoms with Crippen molar-refractivity contribution < 1.29 is 18.0 Å². The summed E-state index contributed by atoms with van der Waals surface area (Å²) in [6.45, 7) is 3.89. The van der Waals surface area contributed by atoms with Gasteiger partial charge < -0.3 is 10.2 Å². The van der Waals surface area contributed by atoms with Crippen LogP contribution in [0.4, 0.5) is 5.69 Å². The van der Waals surface area contributed by atoms with Crippen LogP contribution in [0.1, 0.15) is 30.6 Å². The van der Waals surface area contributed by atoms with Gasteiger partial charge in [0.2, 0.25) is 5.91 Å². The van der Waals surface area contributed by atoms with Gasteiger partial charge in [0.1, 0.15) is 0 Å². The second-order valence-electron chi connectivity index (χ2n) is 5.73. The van der Waals surface area contributed by atoms with Crippen LogP contribution in [0.3, 0.4) is 0 Å². The largest absolute Gasteiger partial charge is 0.376 e. The normalized spacial score (nSPS) is 19.3. The van der Waals surface area contributed by atoms with E-state index in [1.165, 1.54) is 6.92 Å². The van der Waals surface area contributed by atoms with E-state index in [0.29, 0.717) is 24.2 Å². The van der Waals surface area contributed by atoms with E-state index in [2.05, 4.69) is 5.32 Å². The molecule has 1 saturated heterocycles. The maximum Gasteiger partial charge on any atom is 0.242 e. The molecule has 6 nitrogen and oxygen atoms in total. The van der Waals surface area contributed by atoms with Crippen LogP contribution < -0.4 is 5.32 Å². The van der Waals surface area contributed by atoms with E-state index in [9.17, 15) is 18.0 Å². The molecular weight excluding hydrogens is 316 g/mol. The minimum Gasteiger partial charge on any atom is -0.376 e. The Bertz CT molecular complexity index is 700. The number of Topliss-reactive ketones (excluding diaryl/α,β-unsaturated/α-hetero) is 1. The SMILES string of the molecule is CCN(C(=O)CNc1cccc(C(C)=O)c1)C1CCS(=O)(=O)C1. The molecule has 0 radical (unpaired) electrons. The smallest absolute Gasteiger partial charge is 0.242 e. The van der Waals surface area contributed by atoms with E-state index in [0.717, 1.165) is 0 Å². The summed E-state index contributed by atoms with van der Waals surface area (Å²) < 4.78 is 23.2. The molecule has 0 aliphatic carbocycles. The number of carbonyl (C=O) groups excluding carboxylic acids is 2. The summed E-state index contributed by atoms with van der Waals surface area (Å²) in [6.07, 6.45) is 0.502. The van der Waals surface area contributed by atoms with Crippen molar-refractivity contribution in [3.63, 3.8) is 0 Å². The number of likely N-dealkylation sites (N-methyl/N-ethyl adjacent to an activating group) is 1. The first-order chi connectivity index (χ1) is 10.8. The van der Waals surface area contributed by atoms with Gasteiger partial charge in [-0.25, -0.2) is 8.42 Å². The number of sulfone groups is 1. The van der Waals surface area contributed by atoms with Gasteiger partial charge in [-0.15, -0.1) is 0 Å². The standard InChI is InChI=1S/C16H22N2O4S/c1-3-18(15-7-8-23(21,22)11-15)16(20)10-17-14-6-4-5-13(9-14)12(2)19/h4-6,9,15,17H,3,7-8,10-11H2,1-2H3. The highest BCUT2D eigenvalue weighted by molar-refractivity contribution is 7.91. The van der Waals surface area contributed by atoms with E-state index in [-0.39, 0.29) is 35.8 Å². The first kappa shape index (κ1) is 17.5. The molecule has 126 valence electrons. The van der Waals surface area contributed by atoms with Crippen molar-refractivity contribution in [1.82, 2.24) is 4.90 Å². The summed E-state index contributed by atoms with van der Waals surface area (Å²) in [7, 11) is -3.02. The molecule has 0 saturated carbocycles. The van der Waals surface area contributed by atoms with E-state index >= 15 is 0 Å². The summed E-state index contributed by atoms with van der Waals surface area (Å²) in [4.78, 5) is 25.3. The summed E-state index contributed by atoms with van der Waals surface area (Å²) >= 11 is 0. The molecule has 1 aliphatic rings. The maximum atomic E-state index is 12.4. The fourth-order valence-electron chi connectivity index (χ4n) is 2.79. The molecule has 1 atom stereocenters. The molecule has 23 heavy (non-hydrogen) atoms. The number of hydrogen-bond donors (Lipinski definition) is 1. The topological polar surface area (TPSA) is 83.6 Å². The average molecular weight is 338 g/mol. The van der Waals surface area contributed by atoms with Crippen LogP contribution in [0.2, 0.25) is 0 Å². The Kier molecular flexibility index (Phi) is 5.41. The minimum absolute atomic E-state index is 0.0358. The van der Waals surface area contributed by atoms with Crippen LogP contribution in [0.25, 0.3) is 0 Å². The first-order valence-corrected chi connectivity index (χ1v) is 9.49. The number of ketones is 1. The minimum atomic E-state index is -3.02. The lowest BCUT2D eigenvalue weighted by molar-refractivity contribution is -0.130. The van der Waals surface area contributed by atoms with E-state index < -0.39 is 9.84 Å². The number of nitrogens with one attached hydrogen (secondary N) is 1. The van der Waals surface area contributed by atoms with Gasteiger partial charge in [-0.2, -0.15) is 0 Å². The molecule has 0 spiro atoms. The lowest BCUT2D eigenvalue weighted by atomic mass is 10.1. The highest BCUT2D eigenvalue weighted by Crippen LogP contribution is 2.18. The van der Waals surface area contributed by atoms with Crippen molar-refractivity contribution in [1.29, 1.82) is 0 Å². The molecule has 1 heterocycles. The summed E-state index contributed by atoms with van der Waals surface area (Å²) in [5.41, 5.74) is 1.28. The van der Waals surface area contributed by atoms with Gasteiger partial charge in [0.05, 0.1) is 18.1 Å². The van der Waals surface area contributed by atoms with Crippen LogP contribution in [-0.4, -0.2) is 55.6 Å². The van der Waals surface area contributed by atoms with Gasteiger partial charge in [-0.05, 0) is 32.4 Å². The Hall–Kier alpha value is -1.89. The van der Waals surface area contributed by atoms with Crippen molar-refractivity contribution in [2.24, 2.45) is 0 Å². The van der Waals surface area contributed by atoms with Gasteiger partial charge in [0, 0.05) is 23.8 Å². The number of carbonyl (C=O) groups is 2. The Morgan fingerprint density at radius 2 is 2.09 bits per heavy atom. The molecule has 7 heteroatoms. The van der Waals surface area contributed by atoms with Crippen LogP contribution in [0.5, 0.6) is 0 Å². The highest BCUT2D eigenvalue weighted by Gasteiger charge is 2.33. The quantitative estimate of drug-likeness (QED) is 0.791. The molecule has 0 aromatic heterocycles. The number of anilines is 1. The number of rotatable bonds is 6. The van der Waals surface area contributed by atoms with Crippen LogP contribution in [0.15, 0.2) is 24.3 Å². The zero-order chi connectivity index (χ0) is 17.0. The molecular formula is C16H22N2O4S. The zero-order valence-corrected chi connectivity index (χ0v) is 14.2. The summed E-state index contributed by atoms with van der Waals surface area (Å²) in [5.74, 6) is 0.0243. The molecule has 2 rings (SSSR count). The molecule has 1 fully saturated rings. The third-order valence-corrected chi connectivity index (χ3v) is 5.77.